The third-order valence-corrected chi connectivity index (χ3v) is 12.4. The van der Waals surface area contributed by atoms with Crippen LogP contribution < -0.4 is 10.6 Å². The molecule has 0 aromatic heterocycles. The number of hydrogen-bond acceptors (Lipinski definition) is 13. The molecule has 0 fully saturated rings. The van der Waals surface area contributed by atoms with E-state index in [4.69, 9.17) is 136 Å². The molecule has 0 aliphatic rings. The van der Waals surface area contributed by atoms with E-state index in [0.717, 1.165) is 42.2 Å². The smallest absolute Gasteiger partial charge is 0.307 e. The molecule has 82 heavy (non-hydrogen) atoms. The fourth-order valence-corrected chi connectivity index (χ4v) is 9.30. The van der Waals surface area contributed by atoms with Crippen LogP contribution in [0.5, 0.6) is 0 Å². The normalized spacial score (nSPS) is 11.3. The van der Waals surface area contributed by atoms with Crippen LogP contribution in [0.2, 0.25) is 50.2 Å². The number of carboxylic acids is 1. The van der Waals surface area contributed by atoms with Gasteiger partial charge >= 0.3 is 23.9 Å². The van der Waals surface area contributed by atoms with Crippen LogP contribution in [0, 0.1) is 0 Å². The predicted molar refractivity (Wildman–Crippen MR) is 340 cm³/mol. The van der Waals surface area contributed by atoms with Crippen LogP contribution in [0.15, 0.2) is 91.0 Å². The number of aldehydes is 1. The molecule has 5 N–H and O–H groups in total. The van der Waals surface area contributed by atoms with Gasteiger partial charge in [-0.15, -0.1) is 0 Å². The minimum absolute atomic E-state index is 0.0290. The summed E-state index contributed by atoms with van der Waals surface area (Å²) >= 11 is 58.3. The Morgan fingerprint density at radius 3 is 0.902 bits per heavy atom. The zero-order chi connectivity index (χ0) is 63.7. The van der Waals surface area contributed by atoms with Crippen LogP contribution in [-0.4, -0.2) is 98.8 Å². The lowest BCUT2D eigenvalue weighted by molar-refractivity contribution is -0.142. The minimum Gasteiger partial charge on any atom is -0.481 e. The molecule has 458 valence electrons. The molecule has 0 heterocycles. The fraction of sp³-hybridized carbons (Fsp3) is 0.364. The van der Waals surface area contributed by atoms with E-state index < -0.39 is 15.2 Å². The highest BCUT2D eigenvalue weighted by atomic mass is 36.0. The highest BCUT2D eigenvalue weighted by molar-refractivity contribution is 8.26. The molecule has 0 amide bonds. The largest absolute Gasteiger partial charge is 0.481 e. The summed E-state index contributed by atoms with van der Waals surface area (Å²) in [5, 5.41) is 34.8. The van der Waals surface area contributed by atoms with E-state index in [2.05, 4.69) is 46.2 Å². The summed E-state index contributed by atoms with van der Waals surface area (Å²) in [6.07, 6.45) is 3.23. The minimum atomic E-state index is -1.67. The number of benzene rings is 5. The number of hydrogen-bond donors (Lipinski definition) is 5. The Labute approximate surface area is 541 Å². The monoisotopic (exact) mass is 1400 g/mol. The molecular weight excluding hydrogens is 1340 g/mol. The highest BCUT2D eigenvalue weighted by Gasteiger charge is 2.19. The van der Waals surface area contributed by atoms with Gasteiger partial charge in [0.2, 0.25) is 9.23 Å². The number of methoxy groups -OCH3 is 3. The molecule has 0 bridgehead atoms. The molecule has 2 unspecified atom stereocenters. The molecule has 0 saturated carbocycles. The van der Waals surface area contributed by atoms with Crippen LogP contribution >= 0.6 is 137 Å². The summed E-state index contributed by atoms with van der Waals surface area (Å²) < 4.78 is 23.0. The molecule has 0 radical (unpaired) electrons. The van der Waals surface area contributed by atoms with Crippen LogP contribution in [0.4, 0.5) is 0 Å². The Morgan fingerprint density at radius 2 is 0.695 bits per heavy atom. The molecule has 5 aromatic rings. The van der Waals surface area contributed by atoms with Crippen molar-refractivity contribution in [1.82, 2.24) is 10.6 Å². The van der Waals surface area contributed by atoms with Crippen molar-refractivity contribution in [2.24, 2.45) is 0 Å². The average molecular weight is 1400 g/mol. The average Bonchev–Trinajstić information content (AvgIpc) is 3.46. The number of carbonyl (C=O) groups excluding carboxylic acids is 4. The number of carbonyl (C=O) groups is 5. The van der Waals surface area contributed by atoms with E-state index in [-0.39, 0.29) is 67.7 Å². The van der Waals surface area contributed by atoms with Crippen LogP contribution in [0.25, 0.3) is 0 Å². The first kappa shape index (κ1) is 83.3. The van der Waals surface area contributed by atoms with Crippen molar-refractivity contribution in [3.05, 3.63) is 169 Å². The lowest BCUT2D eigenvalue weighted by Gasteiger charge is -2.15. The molecule has 0 spiro atoms. The Morgan fingerprint density at radius 1 is 0.476 bits per heavy atom. The van der Waals surface area contributed by atoms with Crippen LogP contribution in [-0.2, 0) is 42.6 Å². The molecule has 27 heteroatoms. The summed E-state index contributed by atoms with van der Waals surface area (Å²) in [7, 11) is 16.0. The fourth-order valence-electron chi connectivity index (χ4n) is 6.58. The van der Waals surface area contributed by atoms with E-state index >= 15 is 0 Å². The predicted octanol–water partition coefficient (Wildman–Crippen LogP) is 17.1. The van der Waals surface area contributed by atoms with Gasteiger partial charge in [-0.1, -0.05) is 130 Å². The maximum absolute atomic E-state index is 11.2. The topological polar surface area (TPSA) is 215 Å². The third kappa shape index (κ3) is 40.4. The van der Waals surface area contributed by atoms with Crippen molar-refractivity contribution >= 4 is 177 Å². The van der Waals surface area contributed by atoms with Gasteiger partial charge in [-0.3, -0.25) is 24.0 Å². The van der Waals surface area contributed by atoms with Crippen LogP contribution in [0.3, 0.4) is 0 Å². The second-order valence-electron chi connectivity index (χ2n) is 16.0. The van der Waals surface area contributed by atoms with E-state index in [1.807, 2.05) is 26.0 Å². The number of carboxylic acid groups (broad SMARTS) is 1. The number of rotatable bonds is 17. The van der Waals surface area contributed by atoms with Gasteiger partial charge in [0.05, 0.1) is 47.0 Å². The van der Waals surface area contributed by atoms with E-state index in [1.54, 1.807) is 99.9 Å². The Kier molecular flexibility index (Phi) is 50.1. The zero-order valence-corrected chi connectivity index (χ0v) is 55.8. The van der Waals surface area contributed by atoms with Crippen LogP contribution in [0.1, 0.15) is 116 Å². The highest BCUT2D eigenvalue weighted by Crippen LogP contribution is 2.31. The van der Waals surface area contributed by atoms with Gasteiger partial charge in [0.1, 0.15) is 6.29 Å². The number of nitrogens with one attached hydrogen (secondary N) is 2. The van der Waals surface area contributed by atoms with Crippen molar-refractivity contribution in [3.8, 4) is 0 Å². The summed E-state index contributed by atoms with van der Waals surface area (Å²) in [5.74, 6) is -1.52. The van der Waals surface area contributed by atoms with Gasteiger partial charge < -0.3 is 40.2 Å². The number of aliphatic hydroxyl groups is 2. The van der Waals surface area contributed by atoms with Gasteiger partial charge in [0.25, 0.3) is 0 Å². The second kappa shape index (κ2) is 49.3. The number of ether oxygens (including phenoxy) is 3. The molecular formula is C55H66Cl12N2O12S. The second-order valence-corrected chi connectivity index (χ2v) is 22.9. The maximum atomic E-state index is 11.2. The third-order valence-electron chi connectivity index (χ3n) is 10.2. The molecule has 14 nitrogen and oxygen atoms in total. The lowest BCUT2D eigenvalue weighted by atomic mass is 9.93. The van der Waals surface area contributed by atoms with Crippen molar-refractivity contribution in [3.63, 3.8) is 0 Å². The molecule has 4 atom stereocenters. The van der Waals surface area contributed by atoms with Gasteiger partial charge in [0, 0.05) is 103 Å². The van der Waals surface area contributed by atoms with Gasteiger partial charge in [-0.25, -0.2) is 4.21 Å². The number of esters is 3. The van der Waals surface area contributed by atoms with Gasteiger partial charge in [-0.05, 0) is 159 Å². The van der Waals surface area contributed by atoms with E-state index in [1.165, 1.54) is 21.3 Å². The first-order chi connectivity index (χ1) is 38.6. The molecule has 0 saturated heterocycles. The SMILES string of the molecule is CCC(CC(=O)O)c1cc(Cl)cc(Cl)c1.CCC(CC(=O)OC)c1cc(Cl)cc(Cl)c1.CCO.CN[C@@H](CC(=O)OC)c1cc(Cl)cc(Cl)c1.CN[C@H](CC(=O)OC)c1cc(Cl)cc(Cl)c1.CO.O=Cc1cc(Cl)cc(Cl)c1.O=S(Cl)Cl. The van der Waals surface area contributed by atoms with E-state index in [9.17, 15) is 24.0 Å². The zero-order valence-electron chi connectivity index (χ0n) is 46.0. The standard InChI is InChI=1S/C12H14Cl2O2.2C11H13Cl2NO2.C11H12Cl2O2.C7H4Cl2O.C2H6O.CH4O.Cl2OS/c1-3-8(6-12(15)16-2)9-4-10(13)7-11(14)5-9;2*1-14-10(6-11(15)16-2)7-3-8(12)5-9(13)4-7;1-2-7(5-11(14)15)8-3-9(12)6-10(13)4-8;8-6-1-5(4-10)2-7(9)3-6;1-2-3;1-2;1-4(2)3/h4-5,7-8H,3,6H2,1-2H3;2*3-5,10,14H,6H2,1-2H3;3-4,6-7H,2,5H2,1H3,(H,14,15);1-4H;3H,2H2,1H3;2H,1H3;/t;2*10-;;;;;/m.10...../s1. The molecule has 0 aliphatic carbocycles. The first-order valence-electron chi connectivity index (χ1n) is 23.9. The summed E-state index contributed by atoms with van der Waals surface area (Å²) in [6.45, 7) is 5.89. The van der Waals surface area contributed by atoms with Crippen molar-refractivity contribution < 1.29 is 57.7 Å². The Hall–Kier alpha value is -2.88. The van der Waals surface area contributed by atoms with Gasteiger partial charge in [-0.2, -0.15) is 0 Å². The molecule has 5 rings (SSSR count). The summed E-state index contributed by atoms with van der Waals surface area (Å²) in [5.41, 5.74) is 4.09. The van der Waals surface area contributed by atoms with Crippen molar-refractivity contribution in [1.29, 1.82) is 0 Å². The first-order valence-corrected chi connectivity index (χ1v) is 30.5. The maximum Gasteiger partial charge on any atom is 0.307 e. The molecule has 0 aliphatic heterocycles. The van der Waals surface area contributed by atoms with Crippen molar-refractivity contribution in [2.75, 3.05) is 49.1 Å². The lowest BCUT2D eigenvalue weighted by Crippen LogP contribution is -2.20. The summed E-state index contributed by atoms with van der Waals surface area (Å²) in [6, 6.07) is 25.3. The number of aliphatic hydroxyl groups excluding tert-OH is 2. The van der Waals surface area contributed by atoms with Crippen molar-refractivity contribution in [2.45, 2.75) is 83.2 Å². The Bertz CT molecular complexity index is 2430. The van der Waals surface area contributed by atoms with E-state index in [0.29, 0.717) is 68.5 Å². The Balaban J connectivity index is -0.000000921. The quantitative estimate of drug-likeness (QED) is 0.0254. The van der Waals surface area contributed by atoms with Gasteiger partial charge in [0.15, 0.2) is 0 Å². The number of aliphatic carboxylic acids is 1. The molecule has 5 aromatic carbocycles. The number of halogens is 12. The summed E-state index contributed by atoms with van der Waals surface area (Å²) in [4.78, 5) is 54.5.